The molecule has 3 rings (SSSR count). The molecule has 0 heterocycles. The molecule has 0 aromatic heterocycles. The second kappa shape index (κ2) is 6.48. The highest BCUT2D eigenvalue weighted by molar-refractivity contribution is 5.94. The van der Waals surface area contributed by atoms with Crippen LogP contribution in [0.2, 0.25) is 0 Å². The van der Waals surface area contributed by atoms with Gasteiger partial charge in [-0.2, -0.15) is 0 Å². The van der Waals surface area contributed by atoms with Gasteiger partial charge in [-0.25, -0.2) is 0 Å². The molecule has 0 amide bonds. The van der Waals surface area contributed by atoms with Gasteiger partial charge in [0.2, 0.25) is 0 Å². The molecule has 1 fully saturated rings. The number of aliphatic hydroxyl groups is 1. The van der Waals surface area contributed by atoms with Crippen LogP contribution in [-0.2, 0) is 0 Å². The molecular formula is C19H25NO. The standard InChI is InChI=1S/C19H25NO/c1-2-20(14-16-9-4-6-13-19(16)21)18-12-7-10-15-8-3-5-11-17(15)18/h3,5,7-8,10-12,16,19,21H,2,4,6,9,13-14H2,1H3. The molecule has 2 atom stereocenters. The van der Waals surface area contributed by atoms with E-state index in [1.54, 1.807) is 0 Å². The number of hydrogen-bond acceptors (Lipinski definition) is 2. The first kappa shape index (κ1) is 14.4. The van der Waals surface area contributed by atoms with Gasteiger partial charge in [0.1, 0.15) is 0 Å². The van der Waals surface area contributed by atoms with Crippen molar-refractivity contribution in [1.29, 1.82) is 0 Å². The second-order valence-electron chi connectivity index (χ2n) is 6.15. The highest BCUT2D eigenvalue weighted by Crippen LogP contribution is 2.30. The predicted molar refractivity (Wildman–Crippen MR) is 89.8 cm³/mol. The van der Waals surface area contributed by atoms with E-state index in [0.717, 1.165) is 25.9 Å². The van der Waals surface area contributed by atoms with Crippen LogP contribution >= 0.6 is 0 Å². The molecule has 2 unspecified atom stereocenters. The highest BCUT2D eigenvalue weighted by atomic mass is 16.3. The van der Waals surface area contributed by atoms with Gasteiger partial charge in [-0.05, 0) is 31.2 Å². The van der Waals surface area contributed by atoms with Gasteiger partial charge in [0.15, 0.2) is 0 Å². The fourth-order valence-corrected chi connectivity index (χ4v) is 3.57. The van der Waals surface area contributed by atoms with Crippen LogP contribution in [0.15, 0.2) is 42.5 Å². The average molecular weight is 283 g/mol. The van der Waals surface area contributed by atoms with Crippen LogP contribution in [0, 0.1) is 5.92 Å². The monoisotopic (exact) mass is 283 g/mol. The van der Waals surface area contributed by atoms with Crippen LogP contribution in [-0.4, -0.2) is 24.3 Å². The van der Waals surface area contributed by atoms with Crippen molar-refractivity contribution in [3.63, 3.8) is 0 Å². The largest absolute Gasteiger partial charge is 0.393 e. The summed E-state index contributed by atoms with van der Waals surface area (Å²) < 4.78 is 0. The number of rotatable bonds is 4. The van der Waals surface area contributed by atoms with Crippen LogP contribution in [0.4, 0.5) is 5.69 Å². The van der Waals surface area contributed by atoms with Gasteiger partial charge in [-0.1, -0.05) is 49.2 Å². The van der Waals surface area contributed by atoms with E-state index in [0.29, 0.717) is 5.92 Å². The fraction of sp³-hybridized carbons (Fsp3) is 0.474. The Morgan fingerprint density at radius 1 is 1.05 bits per heavy atom. The molecule has 2 aromatic rings. The van der Waals surface area contributed by atoms with E-state index in [9.17, 15) is 5.11 Å². The lowest BCUT2D eigenvalue weighted by Gasteiger charge is -2.34. The zero-order chi connectivity index (χ0) is 14.7. The molecule has 1 saturated carbocycles. The molecule has 112 valence electrons. The van der Waals surface area contributed by atoms with Crippen LogP contribution in [0.1, 0.15) is 32.6 Å². The molecule has 0 saturated heterocycles. The molecule has 0 spiro atoms. The summed E-state index contributed by atoms with van der Waals surface area (Å²) in [4.78, 5) is 2.43. The topological polar surface area (TPSA) is 23.5 Å². The summed E-state index contributed by atoms with van der Waals surface area (Å²) in [6.07, 6.45) is 4.44. The molecule has 1 aliphatic rings. The molecule has 1 N–H and O–H groups in total. The van der Waals surface area contributed by atoms with Crippen LogP contribution < -0.4 is 4.90 Å². The van der Waals surface area contributed by atoms with Crippen molar-refractivity contribution in [2.75, 3.05) is 18.0 Å². The third-order valence-corrected chi connectivity index (χ3v) is 4.81. The molecular weight excluding hydrogens is 258 g/mol. The van der Waals surface area contributed by atoms with Crippen molar-refractivity contribution in [3.8, 4) is 0 Å². The quantitative estimate of drug-likeness (QED) is 0.908. The second-order valence-corrected chi connectivity index (χ2v) is 6.15. The maximum atomic E-state index is 10.2. The number of aliphatic hydroxyl groups excluding tert-OH is 1. The smallest absolute Gasteiger partial charge is 0.0585 e. The lowest BCUT2D eigenvalue weighted by atomic mass is 9.86. The summed E-state index contributed by atoms with van der Waals surface area (Å²) in [5, 5.41) is 12.8. The Balaban J connectivity index is 1.87. The minimum absolute atomic E-state index is 0.122. The van der Waals surface area contributed by atoms with Gasteiger partial charge in [-0.15, -0.1) is 0 Å². The molecule has 21 heavy (non-hydrogen) atoms. The Morgan fingerprint density at radius 3 is 2.62 bits per heavy atom. The van der Waals surface area contributed by atoms with E-state index >= 15 is 0 Å². The van der Waals surface area contributed by atoms with Gasteiger partial charge in [0.05, 0.1) is 6.10 Å². The lowest BCUT2D eigenvalue weighted by molar-refractivity contribution is 0.0732. The van der Waals surface area contributed by atoms with Crippen molar-refractivity contribution >= 4 is 16.5 Å². The molecule has 0 aliphatic heterocycles. The minimum atomic E-state index is -0.122. The lowest BCUT2D eigenvalue weighted by Crippen LogP contribution is -2.37. The molecule has 1 aliphatic carbocycles. The third-order valence-electron chi connectivity index (χ3n) is 4.81. The highest BCUT2D eigenvalue weighted by Gasteiger charge is 2.25. The van der Waals surface area contributed by atoms with E-state index in [1.165, 1.54) is 29.3 Å². The van der Waals surface area contributed by atoms with E-state index in [-0.39, 0.29) is 6.10 Å². The van der Waals surface area contributed by atoms with Crippen molar-refractivity contribution in [1.82, 2.24) is 0 Å². The van der Waals surface area contributed by atoms with Gasteiger partial charge < -0.3 is 10.0 Å². The molecule has 2 aromatic carbocycles. The van der Waals surface area contributed by atoms with E-state index in [4.69, 9.17) is 0 Å². The van der Waals surface area contributed by atoms with E-state index in [2.05, 4.69) is 54.3 Å². The van der Waals surface area contributed by atoms with Gasteiger partial charge in [0, 0.05) is 30.1 Å². The van der Waals surface area contributed by atoms with Gasteiger partial charge in [0.25, 0.3) is 0 Å². The number of hydrogen-bond donors (Lipinski definition) is 1. The predicted octanol–water partition coefficient (Wildman–Crippen LogP) is 4.22. The number of nitrogens with zero attached hydrogens (tertiary/aromatic N) is 1. The number of anilines is 1. The Bertz CT molecular complexity index is 590. The summed E-state index contributed by atoms with van der Waals surface area (Å²) in [6.45, 7) is 4.15. The Morgan fingerprint density at radius 2 is 1.81 bits per heavy atom. The van der Waals surface area contributed by atoms with Gasteiger partial charge in [-0.3, -0.25) is 0 Å². The van der Waals surface area contributed by atoms with Crippen molar-refractivity contribution in [3.05, 3.63) is 42.5 Å². The fourth-order valence-electron chi connectivity index (χ4n) is 3.57. The van der Waals surface area contributed by atoms with E-state index in [1.807, 2.05) is 0 Å². The summed E-state index contributed by atoms with van der Waals surface area (Å²) in [6, 6.07) is 15.1. The zero-order valence-electron chi connectivity index (χ0n) is 12.8. The third kappa shape index (κ3) is 3.06. The van der Waals surface area contributed by atoms with Crippen molar-refractivity contribution in [2.45, 2.75) is 38.7 Å². The summed E-state index contributed by atoms with van der Waals surface area (Å²) in [5.74, 6) is 0.415. The van der Waals surface area contributed by atoms with Crippen LogP contribution in [0.3, 0.4) is 0 Å². The van der Waals surface area contributed by atoms with Crippen LogP contribution in [0.5, 0.6) is 0 Å². The summed E-state index contributed by atoms with van der Waals surface area (Å²) in [5.41, 5.74) is 1.30. The number of fused-ring (bicyclic) bond motifs is 1. The number of benzene rings is 2. The Hall–Kier alpha value is -1.54. The normalized spacial score (nSPS) is 22.4. The first-order chi connectivity index (χ1) is 10.3. The van der Waals surface area contributed by atoms with Crippen molar-refractivity contribution < 1.29 is 5.11 Å². The molecule has 2 heteroatoms. The maximum Gasteiger partial charge on any atom is 0.0585 e. The Labute approximate surface area is 127 Å². The zero-order valence-corrected chi connectivity index (χ0v) is 12.8. The average Bonchev–Trinajstić information content (AvgIpc) is 2.54. The minimum Gasteiger partial charge on any atom is -0.393 e. The first-order valence-electron chi connectivity index (χ1n) is 8.20. The van der Waals surface area contributed by atoms with Crippen LogP contribution in [0.25, 0.3) is 10.8 Å². The van der Waals surface area contributed by atoms with E-state index < -0.39 is 0 Å². The molecule has 0 radical (unpaired) electrons. The molecule has 2 nitrogen and oxygen atoms in total. The molecule has 0 bridgehead atoms. The van der Waals surface area contributed by atoms with Crippen molar-refractivity contribution in [2.24, 2.45) is 5.92 Å². The SMILES string of the molecule is CCN(CC1CCCCC1O)c1cccc2ccccc12. The summed E-state index contributed by atoms with van der Waals surface area (Å²) >= 11 is 0. The maximum absolute atomic E-state index is 10.2. The summed E-state index contributed by atoms with van der Waals surface area (Å²) in [7, 11) is 0. The first-order valence-corrected chi connectivity index (χ1v) is 8.20. The van der Waals surface area contributed by atoms with Gasteiger partial charge >= 0.3 is 0 Å². The Kier molecular flexibility index (Phi) is 4.45.